The lowest BCUT2D eigenvalue weighted by atomic mass is 9.63. The van der Waals surface area contributed by atoms with Gasteiger partial charge in [0.1, 0.15) is 5.75 Å². The van der Waals surface area contributed by atoms with E-state index in [1.54, 1.807) is 24.3 Å². The van der Waals surface area contributed by atoms with Gasteiger partial charge in [0, 0.05) is 53.9 Å². The Morgan fingerprint density at radius 2 is 1.43 bits per heavy atom. The fourth-order valence-corrected chi connectivity index (χ4v) is 6.54. The maximum atomic E-state index is 13.7. The van der Waals surface area contributed by atoms with Crippen molar-refractivity contribution in [1.29, 1.82) is 0 Å². The van der Waals surface area contributed by atoms with Gasteiger partial charge in [0.2, 0.25) is 5.75 Å². The summed E-state index contributed by atoms with van der Waals surface area (Å²) in [5, 5.41) is 11.5. The smallest absolute Gasteiger partial charge is 0.416 e. The number of hydrogen-bond donors (Lipinski definition) is 0. The lowest BCUT2D eigenvalue weighted by Gasteiger charge is -2.48. The van der Waals surface area contributed by atoms with Crippen molar-refractivity contribution in [2.75, 3.05) is 6.54 Å². The maximum absolute atomic E-state index is 13.7. The summed E-state index contributed by atoms with van der Waals surface area (Å²) in [6.07, 6.45) is -2.62. The zero-order valence-corrected chi connectivity index (χ0v) is 24.2. The van der Waals surface area contributed by atoms with Gasteiger partial charge in [0.15, 0.2) is 11.6 Å². The van der Waals surface area contributed by atoms with Crippen LogP contribution in [0.25, 0.3) is 0 Å². The van der Waals surface area contributed by atoms with Crippen LogP contribution in [0.4, 0.5) is 18.9 Å². The molecule has 10 heteroatoms. The molecule has 0 saturated carbocycles. The number of nitro benzene ring substituents is 1. The summed E-state index contributed by atoms with van der Waals surface area (Å²) in [6, 6.07) is 8.63. The number of carbonyl (C=O) groups excluding carboxylic acids is 2. The first kappa shape index (κ1) is 29.5. The molecular formula is C32H33F3N2O5. The third-order valence-electron chi connectivity index (χ3n) is 8.26. The Morgan fingerprint density at radius 1 is 0.905 bits per heavy atom. The molecular weight excluding hydrogens is 549 g/mol. The SMILES string of the molecule is CCN1C2=C(C(=O)CC(C)(C)C2)C(c2ccc(Oc3ccc(C(F)(F)F)cc3[N+](=O)[O-])cc2)C2=C1CC(C)(C)CC2=O. The number of carbonyl (C=O) groups is 2. The second-order valence-electron chi connectivity index (χ2n) is 12.9. The quantitative estimate of drug-likeness (QED) is 0.261. The van der Waals surface area contributed by atoms with Gasteiger partial charge < -0.3 is 9.64 Å². The van der Waals surface area contributed by atoms with Crippen LogP contribution in [0.3, 0.4) is 0 Å². The van der Waals surface area contributed by atoms with Crippen molar-refractivity contribution in [2.24, 2.45) is 10.8 Å². The second kappa shape index (κ2) is 10.1. The molecule has 0 bridgehead atoms. The predicted octanol–water partition coefficient (Wildman–Crippen LogP) is 8.11. The third kappa shape index (κ3) is 5.34. The molecule has 0 amide bonds. The molecule has 2 aromatic rings. The zero-order chi connectivity index (χ0) is 30.8. The molecule has 0 unspecified atom stereocenters. The number of nitro groups is 1. The van der Waals surface area contributed by atoms with E-state index >= 15 is 0 Å². The molecule has 2 aliphatic carbocycles. The molecule has 42 heavy (non-hydrogen) atoms. The molecule has 0 radical (unpaired) electrons. The Balaban J connectivity index is 1.57. The molecule has 1 aliphatic heterocycles. The minimum atomic E-state index is -4.74. The van der Waals surface area contributed by atoms with E-state index in [2.05, 4.69) is 32.6 Å². The predicted molar refractivity (Wildman–Crippen MR) is 150 cm³/mol. The lowest BCUT2D eigenvalue weighted by molar-refractivity contribution is -0.385. The first-order chi connectivity index (χ1) is 19.5. The molecule has 0 fully saturated rings. The summed E-state index contributed by atoms with van der Waals surface area (Å²) in [5.74, 6) is -0.701. The van der Waals surface area contributed by atoms with Crippen LogP contribution in [0.5, 0.6) is 11.5 Å². The van der Waals surface area contributed by atoms with Gasteiger partial charge in [-0.1, -0.05) is 39.8 Å². The van der Waals surface area contributed by atoms with Gasteiger partial charge in [-0.2, -0.15) is 13.2 Å². The summed E-state index contributed by atoms with van der Waals surface area (Å²) >= 11 is 0. The van der Waals surface area contributed by atoms with E-state index in [1.807, 2.05) is 6.92 Å². The van der Waals surface area contributed by atoms with Crippen molar-refractivity contribution in [3.63, 3.8) is 0 Å². The number of halogens is 3. The Kier molecular flexibility index (Phi) is 7.10. The Morgan fingerprint density at radius 3 is 1.88 bits per heavy atom. The highest BCUT2D eigenvalue weighted by Crippen LogP contribution is 2.54. The number of Topliss-reactive ketones (excluding diaryl/α,β-unsaturated/α-hetero) is 2. The molecule has 2 aromatic carbocycles. The summed E-state index contributed by atoms with van der Waals surface area (Å²) in [6.45, 7) is 11.0. The van der Waals surface area contributed by atoms with Crippen LogP contribution in [0.1, 0.15) is 77.3 Å². The number of hydrogen-bond acceptors (Lipinski definition) is 6. The molecule has 3 aliphatic rings. The number of allylic oxidation sites excluding steroid dienone is 4. The zero-order valence-electron chi connectivity index (χ0n) is 24.2. The van der Waals surface area contributed by atoms with Crippen LogP contribution in [-0.4, -0.2) is 27.9 Å². The average Bonchev–Trinajstić information content (AvgIpc) is 2.86. The first-order valence-corrected chi connectivity index (χ1v) is 13.9. The minimum Gasteiger partial charge on any atom is -0.450 e. The highest BCUT2D eigenvalue weighted by Gasteiger charge is 2.48. The van der Waals surface area contributed by atoms with E-state index in [0.29, 0.717) is 55.0 Å². The molecule has 0 saturated heterocycles. The van der Waals surface area contributed by atoms with E-state index in [0.717, 1.165) is 23.5 Å². The molecule has 0 N–H and O–H groups in total. The van der Waals surface area contributed by atoms with Crippen LogP contribution in [0.2, 0.25) is 0 Å². The number of ketones is 2. The summed E-state index contributed by atoms with van der Waals surface area (Å²) in [4.78, 5) is 40.2. The normalized spacial score (nSPS) is 20.4. The van der Waals surface area contributed by atoms with Gasteiger partial charge in [0.05, 0.1) is 10.5 Å². The van der Waals surface area contributed by atoms with Crippen molar-refractivity contribution < 1.29 is 32.4 Å². The average molecular weight is 583 g/mol. The Labute approximate surface area is 242 Å². The summed E-state index contributed by atoms with van der Waals surface area (Å²) in [5.41, 5.74) is 1.47. The third-order valence-corrected chi connectivity index (χ3v) is 8.26. The largest absolute Gasteiger partial charge is 0.450 e. The van der Waals surface area contributed by atoms with Crippen LogP contribution in [0.15, 0.2) is 65.0 Å². The van der Waals surface area contributed by atoms with Gasteiger partial charge in [-0.05, 0) is 60.4 Å². The van der Waals surface area contributed by atoms with Gasteiger partial charge in [-0.15, -0.1) is 0 Å². The number of rotatable bonds is 5. The standard InChI is InChI=1S/C32H33F3N2O5/c1-6-36-22-14-30(2,3)16-24(38)28(22)27(29-23(36)15-31(4,5)17-25(29)39)18-7-10-20(11-8-18)42-26-12-9-19(32(33,34)35)13-21(26)37(40)41/h7-13,27H,6,14-17H2,1-5H3. The van der Waals surface area contributed by atoms with Gasteiger partial charge in [-0.3, -0.25) is 19.7 Å². The van der Waals surface area contributed by atoms with E-state index in [9.17, 15) is 32.9 Å². The number of alkyl halides is 3. The van der Waals surface area contributed by atoms with Crippen LogP contribution < -0.4 is 4.74 Å². The van der Waals surface area contributed by atoms with Crippen molar-refractivity contribution in [3.8, 4) is 11.5 Å². The maximum Gasteiger partial charge on any atom is 0.416 e. The molecule has 0 spiro atoms. The summed E-state index contributed by atoms with van der Waals surface area (Å²) < 4.78 is 45.0. The van der Waals surface area contributed by atoms with Crippen LogP contribution in [-0.2, 0) is 15.8 Å². The van der Waals surface area contributed by atoms with E-state index in [-0.39, 0.29) is 33.9 Å². The number of nitrogens with zero attached hydrogens (tertiary/aromatic N) is 2. The monoisotopic (exact) mass is 582 g/mol. The van der Waals surface area contributed by atoms with E-state index in [1.165, 1.54) is 0 Å². The molecule has 5 rings (SSSR count). The minimum absolute atomic E-state index is 0.00888. The lowest BCUT2D eigenvalue weighted by Crippen LogP contribution is -2.44. The molecule has 0 aromatic heterocycles. The molecule has 0 atom stereocenters. The Bertz CT molecular complexity index is 1500. The summed E-state index contributed by atoms with van der Waals surface area (Å²) in [7, 11) is 0. The fourth-order valence-electron chi connectivity index (χ4n) is 6.54. The van der Waals surface area contributed by atoms with Crippen molar-refractivity contribution in [2.45, 2.75) is 72.4 Å². The van der Waals surface area contributed by atoms with Crippen molar-refractivity contribution in [1.82, 2.24) is 4.90 Å². The van der Waals surface area contributed by atoms with Crippen LogP contribution >= 0.6 is 0 Å². The van der Waals surface area contributed by atoms with Crippen molar-refractivity contribution in [3.05, 3.63) is 86.2 Å². The fraction of sp³-hybridized carbons (Fsp3) is 0.438. The molecule has 7 nitrogen and oxygen atoms in total. The topological polar surface area (TPSA) is 89.8 Å². The van der Waals surface area contributed by atoms with Gasteiger partial charge in [-0.25, -0.2) is 0 Å². The second-order valence-corrected chi connectivity index (χ2v) is 12.9. The Hall–Kier alpha value is -3.95. The first-order valence-electron chi connectivity index (χ1n) is 13.9. The van der Waals surface area contributed by atoms with Gasteiger partial charge >= 0.3 is 11.9 Å². The highest BCUT2D eigenvalue weighted by atomic mass is 19.4. The van der Waals surface area contributed by atoms with Crippen molar-refractivity contribution >= 4 is 17.3 Å². The van der Waals surface area contributed by atoms with E-state index < -0.39 is 28.3 Å². The van der Waals surface area contributed by atoms with E-state index in [4.69, 9.17) is 4.74 Å². The van der Waals surface area contributed by atoms with Crippen LogP contribution in [0, 0.1) is 20.9 Å². The highest BCUT2D eigenvalue weighted by molar-refractivity contribution is 6.06. The number of benzene rings is 2. The molecule has 222 valence electrons. The molecule has 1 heterocycles. The number of ether oxygens (including phenoxy) is 1. The van der Waals surface area contributed by atoms with Gasteiger partial charge in [0.25, 0.3) is 0 Å².